The first-order chi connectivity index (χ1) is 22.2. The Labute approximate surface area is 265 Å². The minimum atomic E-state index is -2.20. The second kappa shape index (κ2) is 16.1. The number of carboxylic acid groups (broad SMARTS) is 1. The van der Waals surface area contributed by atoms with Gasteiger partial charge in [0, 0.05) is 7.11 Å². The summed E-state index contributed by atoms with van der Waals surface area (Å²) in [7, 11) is 1.19. The number of carboxylic acids is 1. The van der Waals surface area contributed by atoms with Gasteiger partial charge in [-0.1, -0.05) is 0 Å². The van der Waals surface area contributed by atoms with E-state index in [2.05, 4.69) is 0 Å². The molecule has 47 heavy (non-hydrogen) atoms. The lowest BCUT2D eigenvalue weighted by atomic mass is 9.95. The smallest absolute Gasteiger partial charge is 0.335 e. The standard InChI is InChI=1S/C25H42O22/c1-40-16-5(2-26)42-23(13(34)9(16)30)44-18-7(4-28)43-24(14(35)10(18)31)46-19-11(32)15(36)25(47-20(19)21(37)38)45-17-6(3-27)41-22(39)12(33)8(17)29/h5-20,22-36,39H,2-4H2,1H3,(H,37,38)/t5?,6?,7?,8-,9-,10-,11-,12?,13?,14?,15?,16-,17-,18+,19+,20?,22-,23-,24-,25-/m1/s1. The van der Waals surface area contributed by atoms with Crippen LogP contribution in [0, 0.1) is 0 Å². The molecule has 0 spiro atoms. The highest BCUT2D eigenvalue weighted by molar-refractivity contribution is 5.73. The summed E-state index contributed by atoms with van der Waals surface area (Å²) in [6.45, 7) is -2.49. The molecule has 4 fully saturated rings. The summed E-state index contributed by atoms with van der Waals surface area (Å²) in [5.41, 5.74) is 0. The summed E-state index contributed by atoms with van der Waals surface area (Å²) in [6.07, 6.45) is -36.7. The summed E-state index contributed by atoms with van der Waals surface area (Å²) >= 11 is 0. The van der Waals surface area contributed by atoms with Crippen LogP contribution in [-0.2, 0) is 42.7 Å². The van der Waals surface area contributed by atoms with Gasteiger partial charge in [-0.2, -0.15) is 0 Å². The molecule has 0 aliphatic carbocycles. The van der Waals surface area contributed by atoms with Crippen molar-refractivity contribution in [3.63, 3.8) is 0 Å². The van der Waals surface area contributed by atoms with Crippen LogP contribution >= 0.6 is 0 Å². The minimum absolute atomic E-state index is 0.676. The summed E-state index contributed by atoms with van der Waals surface area (Å²) in [5, 5.41) is 133. The fourth-order valence-corrected chi connectivity index (χ4v) is 5.79. The average molecular weight is 695 g/mol. The predicted molar refractivity (Wildman–Crippen MR) is 139 cm³/mol. The largest absolute Gasteiger partial charge is 0.479 e. The average Bonchev–Trinajstić information content (AvgIpc) is 3.05. The maximum absolute atomic E-state index is 12.1. The summed E-state index contributed by atoms with van der Waals surface area (Å²) < 4.78 is 42.5. The van der Waals surface area contributed by atoms with Gasteiger partial charge in [-0.15, -0.1) is 0 Å². The Balaban J connectivity index is 1.46. The molecule has 4 aliphatic heterocycles. The summed E-state index contributed by atoms with van der Waals surface area (Å²) in [5.74, 6) is -1.80. The molecule has 0 aromatic rings. The van der Waals surface area contributed by atoms with E-state index in [-0.39, 0.29) is 0 Å². The molecular weight excluding hydrogens is 652 g/mol. The molecule has 4 aliphatic rings. The van der Waals surface area contributed by atoms with E-state index in [0.717, 1.165) is 0 Å². The SMILES string of the molecule is CO[C@@H]1C(CO)O[C@H](O[C@H]2C(CO)O[C@H](O[C@@H]3C(C(=O)O)O[C@@H](O[C@@H]4C(CO)O[C@@H](O)C(O)[C@H]4O)C(O)[C@H]3O)C(O)[C@H]2O)C(O)[C@H]1O. The Morgan fingerprint density at radius 1 is 0.511 bits per heavy atom. The van der Waals surface area contributed by atoms with Gasteiger partial charge in [-0.25, -0.2) is 4.79 Å². The first-order valence-electron chi connectivity index (χ1n) is 14.5. The molecule has 0 saturated carbocycles. The highest BCUT2D eigenvalue weighted by Crippen LogP contribution is 2.34. The molecule has 22 nitrogen and oxygen atoms in total. The molecule has 20 atom stereocenters. The molecule has 4 heterocycles. The number of hydrogen-bond donors (Lipinski definition) is 13. The molecule has 0 aromatic heterocycles. The molecule has 0 radical (unpaired) electrons. The van der Waals surface area contributed by atoms with Gasteiger partial charge in [0.2, 0.25) is 0 Å². The lowest BCUT2D eigenvalue weighted by molar-refractivity contribution is -0.384. The van der Waals surface area contributed by atoms with Crippen molar-refractivity contribution >= 4 is 5.97 Å². The maximum Gasteiger partial charge on any atom is 0.335 e. The Morgan fingerprint density at radius 2 is 0.872 bits per heavy atom. The third kappa shape index (κ3) is 7.72. The normalized spacial score (nSPS) is 51.1. The van der Waals surface area contributed by atoms with Gasteiger partial charge in [-0.3, -0.25) is 0 Å². The van der Waals surface area contributed by atoms with Gasteiger partial charge >= 0.3 is 5.97 Å². The lowest BCUT2D eigenvalue weighted by Crippen LogP contribution is -2.68. The van der Waals surface area contributed by atoms with Crippen LogP contribution in [0.5, 0.6) is 0 Å². The van der Waals surface area contributed by atoms with Crippen LogP contribution < -0.4 is 0 Å². The van der Waals surface area contributed by atoms with E-state index in [4.69, 9.17) is 37.9 Å². The second-order valence-corrected chi connectivity index (χ2v) is 11.4. The Kier molecular flexibility index (Phi) is 13.2. The van der Waals surface area contributed by atoms with Gasteiger partial charge in [0.15, 0.2) is 31.3 Å². The molecule has 4 rings (SSSR count). The Morgan fingerprint density at radius 3 is 1.32 bits per heavy atom. The highest BCUT2D eigenvalue weighted by Gasteiger charge is 2.56. The number of ether oxygens (including phenoxy) is 8. The van der Waals surface area contributed by atoms with Crippen molar-refractivity contribution in [2.45, 2.75) is 123 Å². The summed E-state index contributed by atoms with van der Waals surface area (Å²) in [6, 6.07) is 0. The zero-order chi connectivity index (χ0) is 34.9. The summed E-state index contributed by atoms with van der Waals surface area (Å²) in [4.78, 5) is 12.1. The van der Waals surface area contributed by atoms with Gasteiger partial charge < -0.3 is 104 Å². The van der Waals surface area contributed by atoms with Crippen LogP contribution in [0.2, 0.25) is 0 Å². The van der Waals surface area contributed by atoms with Crippen molar-refractivity contribution in [3.05, 3.63) is 0 Å². The minimum Gasteiger partial charge on any atom is -0.479 e. The van der Waals surface area contributed by atoms with Gasteiger partial charge in [0.05, 0.1) is 19.8 Å². The zero-order valence-electron chi connectivity index (χ0n) is 24.7. The van der Waals surface area contributed by atoms with Gasteiger partial charge in [0.25, 0.3) is 0 Å². The van der Waals surface area contributed by atoms with Crippen molar-refractivity contribution in [1.29, 1.82) is 0 Å². The second-order valence-electron chi connectivity index (χ2n) is 11.4. The Bertz CT molecular complexity index is 1000. The third-order valence-corrected chi connectivity index (χ3v) is 8.41. The van der Waals surface area contributed by atoms with E-state index in [1.807, 2.05) is 0 Å². The van der Waals surface area contributed by atoms with E-state index < -0.39 is 149 Å². The maximum atomic E-state index is 12.1. The van der Waals surface area contributed by atoms with Crippen LogP contribution in [-0.4, -0.2) is 222 Å². The molecular formula is C25H42O22. The van der Waals surface area contributed by atoms with Crippen LogP contribution in [0.15, 0.2) is 0 Å². The number of hydrogen-bond acceptors (Lipinski definition) is 21. The van der Waals surface area contributed by atoms with Crippen molar-refractivity contribution in [2.75, 3.05) is 26.9 Å². The van der Waals surface area contributed by atoms with Crippen molar-refractivity contribution in [1.82, 2.24) is 0 Å². The fourth-order valence-electron chi connectivity index (χ4n) is 5.79. The highest BCUT2D eigenvalue weighted by atomic mass is 16.8. The van der Waals surface area contributed by atoms with E-state index in [9.17, 15) is 71.2 Å². The van der Waals surface area contributed by atoms with Gasteiger partial charge in [0.1, 0.15) is 91.6 Å². The van der Waals surface area contributed by atoms with Crippen LogP contribution in [0.25, 0.3) is 0 Å². The van der Waals surface area contributed by atoms with Crippen molar-refractivity contribution in [2.24, 2.45) is 0 Å². The number of methoxy groups -OCH3 is 1. The van der Waals surface area contributed by atoms with Gasteiger partial charge in [-0.05, 0) is 0 Å². The lowest BCUT2D eigenvalue weighted by Gasteiger charge is -2.48. The quantitative estimate of drug-likeness (QED) is 0.0954. The molecule has 22 heteroatoms. The van der Waals surface area contributed by atoms with Crippen molar-refractivity contribution in [3.8, 4) is 0 Å². The van der Waals surface area contributed by atoms with E-state index >= 15 is 0 Å². The van der Waals surface area contributed by atoms with Crippen LogP contribution in [0.4, 0.5) is 0 Å². The zero-order valence-corrected chi connectivity index (χ0v) is 24.7. The van der Waals surface area contributed by atoms with E-state index in [0.29, 0.717) is 0 Å². The van der Waals surface area contributed by atoms with E-state index in [1.54, 1.807) is 0 Å². The molecule has 0 aromatic carbocycles. The molecule has 274 valence electrons. The number of carbonyl (C=O) groups is 1. The number of rotatable bonds is 11. The van der Waals surface area contributed by atoms with Crippen LogP contribution in [0.3, 0.4) is 0 Å². The monoisotopic (exact) mass is 694 g/mol. The predicted octanol–water partition coefficient (Wildman–Crippen LogP) is -9.00. The third-order valence-electron chi connectivity index (χ3n) is 8.41. The molecule has 8 unspecified atom stereocenters. The molecule has 0 amide bonds. The van der Waals surface area contributed by atoms with E-state index in [1.165, 1.54) is 7.11 Å². The first kappa shape index (κ1) is 38.5. The number of aliphatic carboxylic acids is 1. The first-order valence-corrected chi connectivity index (χ1v) is 14.5. The van der Waals surface area contributed by atoms with Crippen molar-refractivity contribution < 1.29 is 109 Å². The number of aliphatic hydroxyl groups is 12. The number of aliphatic hydroxyl groups excluding tert-OH is 12. The molecule has 13 N–H and O–H groups in total. The molecule has 0 bridgehead atoms. The molecule has 4 saturated heterocycles. The van der Waals surface area contributed by atoms with Crippen LogP contribution in [0.1, 0.15) is 0 Å². The Hall–Kier alpha value is -1.33. The topological polar surface area (TPSA) is 354 Å². The fraction of sp³-hybridized carbons (Fsp3) is 0.960.